The number of benzene rings is 1. The highest BCUT2D eigenvalue weighted by atomic mass is 35.7. The van der Waals surface area contributed by atoms with Crippen LogP contribution in [0.3, 0.4) is 0 Å². The van der Waals surface area contributed by atoms with Gasteiger partial charge in [0, 0.05) is 28.2 Å². The summed E-state index contributed by atoms with van der Waals surface area (Å²) in [5.41, 5.74) is 2.19. The predicted molar refractivity (Wildman–Crippen MR) is 105 cm³/mol. The number of rotatable bonds is 4. The fourth-order valence-corrected chi connectivity index (χ4v) is 3.41. The Bertz CT molecular complexity index is 1000. The lowest BCUT2D eigenvalue weighted by Gasteiger charge is -2.15. The van der Waals surface area contributed by atoms with Gasteiger partial charge >= 0.3 is 0 Å². The van der Waals surface area contributed by atoms with Gasteiger partial charge in [-0.2, -0.15) is 4.98 Å². The Balaban J connectivity index is 2.08. The zero-order valence-corrected chi connectivity index (χ0v) is 16.2. The van der Waals surface area contributed by atoms with Crippen molar-refractivity contribution in [3.8, 4) is 0 Å². The first-order valence-corrected chi connectivity index (χ1v) is 9.67. The molecule has 0 atom stereocenters. The molecule has 0 radical (unpaired) electrons. The van der Waals surface area contributed by atoms with Gasteiger partial charge in [-0.05, 0) is 72.3 Å². The fraction of sp³-hybridized carbons (Fsp3) is 0.235. The summed E-state index contributed by atoms with van der Waals surface area (Å²) >= 11 is 6.04. The minimum Gasteiger partial charge on any atom is -0.324 e. The smallest absolute Gasteiger partial charge is 0.271 e. The second-order valence-corrected chi connectivity index (χ2v) is 7.41. The Morgan fingerprint density at radius 3 is 2.68 bits per heavy atom. The zero-order chi connectivity index (χ0) is 18.1. The molecule has 0 saturated heterocycles. The standard InChI is InChI=1S/C17H16Cl2N4OS/c1-9(2)23-15-11(7-13(18)16(23)24)8-20-17(22-15)21-14-5-4-12(25-19)6-10(14)3/h4-9H,1-3H3,(H,20,21,22). The third-order valence-electron chi connectivity index (χ3n) is 3.78. The molecule has 8 heteroatoms. The zero-order valence-electron chi connectivity index (χ0n) is 13.9. The summed E-state index contributed by atoms with van der Waals surface area (Å²) in [6, 6.07) is 7.34. The minimum atomic E-state index is -0.256. The van der Waals surface area contributed by atoms with Crippen LogP contribution in [0, 0.1) is 6.92 Å². The van der Waals surface area contributed by atoms with Gasteiger partial charge in [-0.3, -0.25) is 9.36 Å². The van der Waals surface area contributed by atoms with Crippen molar-refractivity contribution in [1.29, 1.82) is 0 Å². The highest BCUT2D eigenvalue weighted by Crippen LogP contribution is 2.28. The molecule has 0 unspecified atom stereocenters. The van der Waals surface area contributed by atoms with E-state index >= 15 is 0 Å². The Morgan fingerprint density at radius 2 is 2.04 bits per heavy atom. The molecule has 0 saturated carbocycles. The van der Waals surface area contributed by atoms with Gasteiger partial charge in [0.1, 0.15) is 10.7 Å². The minimum absolute atomic E-state index is 0.0711. The third-order valence-corrected chi connectivity index (χ3v) is 5.02. The SMILES string of the molecule is Cc1cc(SCl)ccc1Nc1ncc2cc(Cl)c(=O)n(C(C)C)c2n1. The Morgan fingerprint density at radius 1 is 1.28 bits per heavy atom. The van der Waals surface area contributed by atoms with E-state index in [0.29, 0.717) is 11.6 Å². The maximum atomic E-state index is 12.4. The van der Waals surface area contributed by atoms with Crippen LogP contribution in [-0.2, 0) is 0 Å². The number of aromatic nitrogens is 3. The van der Waals surface area contributed by atoms with E-state index in [0.717, 1.165) is 21.5 Å². The van der Waals surface area contributed by atoms with Crippen molar-refractivity contribution < 1.29 is 0 Å². The Labute approximate surface area is 158 Å². The first-order chi connectivity index (χ1) is 11.9. The maximum Gasteiger partial charge on any atom is 0.271 e. The van der Waals surface area contributed by atoms with Crippen LogP contribution in [-0.4, -0.2) is 14.5 Å². The number of nitrogens with zero attached hydrogens (tertiary/aromatic N) is 3. The van der Waals surface area contributed by atoms with Gasteiger partial charge in [0.25, 0.3) is 5.56 Å². The lowest BCUT2D eigenvalue weighted by Crippen LogP contribution is -2.23. The maximum absolute atomic E-state index is 12.4. The predicted octanol–water partition coefficient (Wildman–Crippen LogP) is 5.32. The van der Waals surface area contributed by atoms with Gasteiger partial charge in [-0.15, -0.1) is 0 Å². The average Bonchev–Trinajstić information content (AvgIpc) is 2.57. The summed E-state index contributed by atoms with van der Waals surface area (Å²) in [6.07, 6.45) is 1.66. The molecule has 0 amide bonds. The third kappa shape index (κ3) is 3.61. The van der Waals surface area contributed by atoms with Crippen LogP contribution in [0.5, 0.6) is 0 Å². The van der Waals surface area contributed by atoms with Crippen molar-refractivity contribution in [1.82, 2.24) is 14.5 Å². The van der Waals surface area contributed by atoms with Crippen molar-refractivity contribution in [3.63, 3.8) is 0 Å². The van der Waals surface area contributed by atoms with Crippen molar-refractivity contribution in [2.45, 2.75) is 31.7 Å². The summed E-state index contributed by atoms with van der Waals surface area (Å²) in [5, 5.41) is 4.07. The van der Waals surface area contributed by atoms with Crippen LogP contribution >= 0.6 is 33.3 Å². The van der Waals surface area contributed by atoms with Crippen LogP contribution in [0.25, 0.3) is 11.0 Å². The quantitative estimate of drug-likeness (QED) is 0.648. The first kappa shape index (κ1) is 18.0. The molecule has 0 aliphatic rings. The average molecular weight is 395 g/mol. The molecule has 3 aromatic rings. The number of hydrogen-bond donors (Lipinski definition) is 1. The lowest BCUT2D eigenvalue weighted by molar-refractivity contribution is 0.595. The monoisotopic (exact) mass is 394 g/mol. The van der Waals surface area contributed by atoms with Gasteiger partial charge in [0.2, 0.25) is 5.95 Å². The molecule has 0 aliphatic carbocycles. The number of pyridine rings is 1. The van der Waals surface area contributed by atoms with Crippen LogP contribution in [0.2, 0.25) is 5.02 Å². The molecule has 2 heterocycles. The van der Waals surface area contributed by atoms with Crippen LogP contribution in [0.1, 0.15) is 25.5 Å². The van der Waals surface area contributed by atoms with Gasteiger partial charge in [0.05, 0.1) is 0 Å². The molecule has 0 bridgehead atoms. The normalized spacial score (nSPS) is 11.3. The summed E-state index contributed by atoms with van der Waals surface area (Å²) < 4.78 is 1.57. The number of anilines is 2. The molecule has 0 spiro atoms. The number of aryl methyl sites for hydroxylation is 1. The molecule has 25 heavy (non-hydrogen) atoms. The molecule has 1 aromatic carbocycles. The molecular formula is C17H16Cl2N4OS. The fourth-order valence-electron chi connectivity index (χ4n) is 2.57. The van der Waals surface area contributed by atoms with Crippen molar-refractivity contribution >= 4 is 55.9 Å². The Hall–Kier alpha value is -1.76. The van der Waals surface area contributed by atoms with Gasteiger partial charge in [-0.1, -0.05) is 11.6 Å². The van der Waals surface area contributed by atoms with Gasteiger partial charge < -0.3 is 5.32 Å². The van der Waals surface area contributed by atoms with Crippen LogP contribution < -0.4 is 10.9 Å². The van der Waals surface area contributed by atoms with E-state index in [1.54, 1.807) is 16.8 Å². The number of fused-ring (bicyclic) bond motifs is 1. The van der Waals surface area contributed by atoms with Crippen molar-refractivity contribution in [3.05, 3.63) is 51.4 Å². The van der Waals surface area contributed by atoms with E-state index in [4.69, 9.17) is 22.3 Å². The first-order valence-electron chi connectivity index (χ1n) is 7.64. The summed E-state index contributed by atoms with van der Waals surface area (Å²) in [7, 11) is 6.95. The number of nitrogens with one attached hydrogen (secondary N) is 1. The molecule has 0 fully saturated rings. The van der Waals surface area contributed by atoms with E-state index in [-0.39, 0.29) is 16.6 Å². The highest BCUT2D eigenvalue weighted by molar-refractivity contribution is 8.21. The molecule has 0 aliphatic heterocycles. The van der Waals surface area contributed by atoms with Crippen LogP contribution in [0.4, 0.5) is 11.6 Å². The number of halogens is 2. The highest BCUT2D eigenvalue weighted by Gasteiger charge is 2.13. The summed E-state index contributed by atoms with van der Waals surface area (Å²) in [5.74, 6) is 0.415. The topological polar surface area (TPSA) is 59.8 Å². The molecule has 130 valence electrons. The molecule has 3 rings (SSSR count). The van der Waals surface area contributed by atoms with E-state index in [2.05, 4.69) is 15.3 Å². The molecule has 5 nitrogen and oxygen atoms in total. The molecule has 1 N–H and O–H groups in total. The van der Waals surface area contributed by atoms with E-state index in [9.17, 15) is 4.79 Å². The van der Waals surface area contributed by atoms with Crippen molar-refractivity contribution in [2.75, 3.05) is 5.32 Å². The molecule has 2 aromatic heterocycles. The lowest BCUT2D eigenvalue weighted by atomic mass is 10.2. The summed E-state index contributed by atoms with van der Waals surface area (Å²) in [4.78, 5) is 22.2. The van der Waals surface area contributed by atoms with Crippen LogP contribution in [0.15, 0.2) is 40.2 Å². The second-order valence-electron chi connectivity index (χ2n) is 5.91. The van der Waals surface area contributed by atoms with Gasteiger partial charge in [-0.25, -0.2) is 4.98 Å². The largest absolute Gasteiger partial charge is 0.324 e. The second kappa shape index (κ2) is 7.23. The number of hydrogen-bond acceptors (Lipinski definition) is 5. The van der Waals surface area contributed by atoms with Crippen molar-refractivity contribution in [2.24, 2.45) is 0 Å². The van der Waals surface area contributed by atoms with E-state index in [1.165, 1.54) is 11.0 Å². The summed E-state index contributed by atoms with van der Waals surface area (Å²) in [6.45, 7) is 5.81. The Kier molecular flexibility index (Phi) is 5.22. The van der Waals surface area contributed by atoms with E-state index < -0.39 is 0 Å². The van der Waals surface area contributed by atoms with E-state index in [1.807, 2.05) is 39.0 Å². The van der Waals surface area contributed by atoms with Gasteiger partial charge in [0.15, 0.2) is 0 Å². The molecular weight excluding hydrogens is 379 g/mol.